The van der Waals surface area contributed by atoms with Crippen LogP contribution < -0.4 is 10.6 Å². The maximum atomic E-state index is 4.01. The molecule has 0 aromatic heterocycles. The third kappa shape index (κ3) is 2.84. The molecular formula is C24H26N2. The van der Waals surface area contributed by atoms with Crippen molar-refractivity contribution in [2.45, 2.75) is 49.9 Å². The van der Waals surface area contributed by atoms with Gasteiger partial charge in [0.15, 0.2) is 0 Å². The molecule has 2 N–H and O–H groups in total. The van der Waals surface area contributed by atoms with Crippen LogP contribution in [0.25, 0.3) is 12.2 Å². The highest BCUT2D eigenvalue weighted by atomic mass is 15.2. The highest BCUT2D eigenvalue weighted by molar-refractivity contribution is 5.63. The smallest absolute Gasteiger partial charge is 0.0701 e. The third-order valence-corrected chi connectivity index (χ3v) is 6.17. The number of hydrogen-bond donors (Lipinski definition) is 2. The first-order valence-corrected chi connectivity index (χ1v) is 9.93. The fourth-order valence-electron chi connectivity index (χ4n) is 4.83. The third-order valence-electron chi connectivity index (χ3n) is 6.17. The van der Waals surface area contributed by atoms with Crippen LogP contribution in [0.2, 0.25) is 0 Å². The van der Waals surface area contributed by atoms with Gasteiger partial charge in [-0.3, -0.25) is 10.6 Å². The van der Waals surface area contributed by atoms with E-state index in [1.54, 1.807) is 0 Å². The van der Waals surface area contributed by atoms with Gasteiger partial charge >= 0.3 is 0 Å². The van der Waals surface area contributed by atoms with Gasteiger partial charge in [0, 0.05) is 0 Å². The Morgan fingerprint density at radius 1 is 0.654 bits per heavy atom. The average Bonchev–Trinajstić information content (AvgIpc) is 3.27. The van der Waals surface area contributed by atoms with E-state index in [9.17, 15) is 0 Å². The maximum Gasteiger partial charge on any atom is 0.0701 e. The van der Waals surface area contributed by atoms with Crippen molar-refractivity contribution in [3.63, 3.8) is 0 Å². The van der Waals surface area contributed by atoms with Crippen LogP contribution in [-0.2, 0) is 0 Å². The molecule has 132 valence electrons. The largest absolute Gasteiger partial charge is 0.289 e. The van der Waals surface area contributed by atoms with Crippen molar-refractivity contribution in [1.82, 2.24) is 10.6 Å². The molecule has 3 aliphatic rings. The first-order chi connectivity index (χ1) is 12.8. The molecular weight excluding hydrogens is 316 g/mol. The van der Waals surface area contributed by atoms with Crippen LogP contribution in [0.5, 0.6) is 0 Å². The molecule has 1 fully saturated rings. The number of hydrogen-bond acceptors (Lipinski definition) is 2. The Balaban J connectivity index is 1.41. The summed E-state index contributed by atoms with van der Waals surface area (Å²) in [5.41, 5.74) is 5.50. The topological polar surface area (TPSA) is 24.1 Å². The van der Waals surface area contributed by atoms with E-state index in [-0.39, 0.29) is 5.66 Å². The maximum absolute atomic E-state index is 4.01. The normalized spacial score (nSPS) is 25.2. The monoisotopic (exact) mass is 342 g/mol. The molecule has 2 unspecified atom stereocenters. The molecule has 1 saturated carbocycles. The Labute approximate surface area is 156 Å². The Morgan fingerprint density at radius 3 is 1.69 bits per heavy atom. The van der Waals surface area contributed by atoms with Gasteiger partial charge in [0.05, 0.1) is 17.7 Å². The van der Waals surface area contributed by atoms with E-state index in [4.69, 9.17) is 0 Å². The van der Waals surface area contributed by atoms with Gasteiger partial charge < -0.3 is 0 Å². The molecule has 0 heterocycles. The minimum atomic E-state index is -0.00281. The molecule has 2 atom stereocenters. The molecule has 0 aliphatic heterocycles. The zero-order valence-corrected chi connectivity index (χ0v) is 15.1. The molecule has 2 aromatic rings. The summed E-state index contributed by atoms with van der Waals surface area (Å²) in [5.74, 6) is 0. The van der Waals surface area contributed by atoms with Crippen LogP contribution in [0.3, 0.4) is 0 Å². The van der Waals surface area contributed by atoms with E-state index < -0.39 is 0 Å². The van der Waals surface area contributed by atoms with Crippen LogP contribution in [0.1, 0.15) is 66.4 Å². The Morgan fingerprint density at radius 2 is 1.15 bits per heavy atom. The summed E-state index contributed by atoms with van der Waals surface area (Å²) in [6.45, 7) is 0. The predicted molar refractivity (Wildman–Crippen MR) is 109 cm³/mol. The van der Waals surface area contributed by atoms with Crippen molar-refractivity contribution in [3.8, 4) is 0 Å². The van der Waals surface area contributed by atoms with Crippen LogP contribution in [-0.4, -0.2) is 5.66 Å². The van der Waals surface area contributed by atoms with Crippen molar-refractivity contribution in [2.75, 3.05) is 0 Å². The second kappa shape index (κ2) is 6.53. The summed E-state index contributed by atoms with van der Waals surface area (Å²) < 4.78 is 0. The molecule has 3 aliphatic carbocycles. The van der Waals surface area contributed by atoms with E-state index in [1.165, 1.54) is 54.4 Å². The van der Waals surface area contributed by atoms with Gasteiger partial charge in [0.25, 0.3) is 0 Å². The van der Waals surface area contributed by atoms with Crippen molar-refractivity contribution in [2.24, 2.45) is 0 Å². The van der Waals surface area contributed by atoms with Gasteiger partial charge in [-0.25, -0.2) is 0 Å². The van der Waals surface area contributed by atoms with Crippen molar-refractivity contribution in [3.05, 3.63) is 82.9 Å². The lowest BCUT2D eigenvalue weighted by Gasteiger charge is -2.43. The first-order valence-electron chi connectivity index (χ1n) is 9.93. The quantitative estimate of drug-likeness (QED) is 0.731. The summed E-state index contributed by atoms with van der Waals surface area (Å²) in [5, 5.41) is 8.03. The average molecular weight is 342 g/mol. The minimum absolute atomic E-state index is 0.00281. The second-order valence-corrected chi connectivity index (χ2v) is 7.86. The number of fused-ring (bicyclic) bond motifs is 2. The van der Waals surface area contributed by atoms with E-state index >= 15 is 0 Å². The molecule has 0 radical (unpaired) electrons. The van der Waals surface area contributed by atoms with E-state index in [2.05, 4.69) is 83.5 Å². The van der Waals surface area contributed by atoms with Crippen LogP contribution in [0, 0.1) is 0 Å². The number of nitrogens with one attached hydrogen (secondary N) is 2. The SMILES string of the molecule is C1=CC(NC2(NC3C=Cc4ccccc43)CCCCC2)c2ccccc21. The summed E-state index contributed by atoms with van der Waals surface area (Å²) in [6.07, 6.45) is 15.5. The van der Waals surface area contributed by atoms with Gasteiger partial charge in [-0.05, 0) is 35.1 Å². The molecule has 5 rings (SSSR count). The van der Waals surface area contributed by atoms with Crippen molar-refractivity contribution >= 4 is 12.2 Å². The molecule has 0 spiro atoms. The van der Waals surface area contributed by atoms with E-state index in [0.717, 1.165) is 0 Å². The Bertz CT molecular complexity index is 793. The van der Waals surface area contributed by atoms with Gasteiger partial charge in [0.1, 0.15) is 0 Å². The van der Waals surface area contributed by atoms with Gasteiger partial charge in [-0.2, -0.15) is 0 Å². The van der Waals surface area contributed by atoms with Crippen molar-refractivity contribution < 1.29 is 0 Å². The minimum Gasteiger partial charge on any atom is -0.289 e. The fourth-order valence-corrected chi connectivity index (χ4v) is 4.83. The van der Waals surface area contributed by atoms with Crippen LogP contribution in [0.4, 0.5) is 0 Å². The summed E-state index contributed by atoms with van der Waals surface area (Å²) in [6, 6.07) is 18.1. The van der Waals surface area contributed by atoms with Crippen LogP contribution >= 0.6 is 0 Å². The predicted octanol–water partition coefficient (Wildman–Crippen LogP) is 5.36. The van der Waals surface area contributed by atoms with Crippen LogP contribution in [0.15, 0.2) is 60.7 Å². The zero-order valence-electron chi connectivity index (χ0n) is 15.1. The standard InChI is InChI=1S/C24H26N2/c1-6-16-24(17-7-1,25-22-14-12-18-8-2-4-10-20(18)22)26-23-15-13-19-9-3-5-11-21(19)23/h2-5,8-15,22-23,25-26H,1,6-7,16-17H2. The molecule has 2 nitrogen and oxygen atoms in total. The van der Waals surface area contributed by atoms with E-state index in [1.807, 2.05) is 0 Å². The molecule has 2 heteroatoms. The first kappa shape index (κ1) is 16.0. The molecule has 2 aromatic carbocycles. The Hall–Kier alpha value is -2.16. The lowest BCUT2D eigenvalue weighted by atomic mass is 9.86. The number of rotatable bonds is 4. The highest BCUT2D eigenvalue weighted by Gasteiger charge is 2.37. The zero-order chi connectivity index (χ0) is 17.4. The molecule has 0 bridgehead atoms. The molecule has 26 heavy (non-hydrogen) atoms. The summed E-state index contributed by atoms with van der Waals surface area (Å²) >= 11 is 0. The lowest BCUT2D eigenvalue weighted by Crippen LogP contribution is -2.59. The summed E-state index contributed by atoms with van der Waals surface area (Å²) in [7, 11) is 0. The highest BCUT2D eigenvalue weighted by Crippen LogP contribution is 2.37. The van der Waals surface area contributed by atoms with Gasteiger partial charge in [0.2, 0.25) is 0 Å². The fraction of sp³-hybridized carbons (Fsp3) is 0.333. The van der Waals surface area contributed by atoms with E-state index in [0.29, 0.717) is 12.1 Å². The summed E-state index contributed by atoms with van der Waals surface area (Å²) in [4.78, 5) is 0. The molecule has 0 saturated heterocycles. The second-order valence-electron chi connectivity index (χ2n) is 7.86. The molecule has 0 amide bonds. The lowest BCUT2D eigenvalue weighted by molar-refractivity contribution is 0.160. The van der Waals surface area contributed by atoms with Gasteiger partial charge in [-0.1, -0.05) is 92.1 Å². The van der Waals surface area contributed by atoms with Crippen molar-refractivity contribution in [1.29, 1.82) is 0 Å². The Kier molecular flexibility index (Phi) is 4.03. The van der Waals surface area contributed by atoms with Gasteiger partial charge in [-0.15, -0.1) is 0 Å². The number of benzene rings is 2.